The van der Waals surface area contributed by atoms with Crippen molar-refractivity contribution in [3.05, 3.63) is 36.4 Å². The third-order valence-electron chi connectivity index (χ3n) is 3.54. The Morgan fingerprint density at radius 3 is 2.21 bits per heavy atom. The molecule has 0 amide bonds. The smallest absolute Gasteiger partial charge is 0.151 e. The number of hydrogen-bond acceptors (Lipinski definition) is 4. The minimum atomic E-state index is 0.765. The van der Waals surface area contributed by atoms with Crippen molar-refractivity contribution in [2.24, 2.45) is 0 Å². The lowest BCUT2D eigenvalue weighted by Gasteiger charge is -2.27. The van der Waals surface area contributed by atoms with Crippen LogP contribution in [-0.4, -0.2) is 23.3 Å². The van der Waals surface area contributed by atoms with Crippen LogP contribution in [-0.2, 0) is 0 Å². The summed E-state index contributed by atoms with van der Waals surface area (Å²) < 4.78 is 0. The number of benzene rings is 1. The molecule has 4 nitrogen and oxygen atoms in total. The highest BCUT2D eigenvalue weighted by molar-refractivity contribution is 5.62. The molecule has 1 aliphatic rings. The zero-order chi connectivity index (χ0) is 13.1. The molecule has 1 saturated heterocycles. The summed E-state index contributed by atoms with van der Waals surface area (Å²) in [7, 11) is 0. The monoisotopic (exact) mass is 254 g/mol. The predicted octanol–water partition coefficient (Wildman–Crippen LogP) is 2.72. The SMILES string of the molecule is Nc1ccc(-c2ccc(N3CCCCC3)nn2)cc1. The van der Waals surface area contributed by atoms with Gasteiger partial charge in [-0.3, -0.25) is 0 Å². The Bertz CT molecular complexity index is 527. The summed E-state index contributed by atoms with van der Waals surface area (Å²) in [4.78, 5) is 2.31. The average Bonchev–Trinajstić information content (AvgIpc) is 2.49. The maximum Gasteiger partial charge on any atom is 0.151 e. The summed E-state index contributed by atoms with van der Waals surface area (Å²) >= 11 is 0. The molecular weight excluding hydrogens is 236 g/mol. The average molecular weight is 254 g/mol. The van der Waals surface area contributed by atoms with E-state index < -0.39 is 0 Å². The van der Waals surface area contributed by atoms with Crippen LogP contribution in [0, 0.1) is 0 Å². The van der Waals surface area contributed by atoms with Gasteiger partial charge < -0.3 is 10.6 Å². The lowest BCUT2D eigenvalue weighted by molar-refractivity contribution is 0.571. The molecule has 1 fully saturated rings. The molecule has 0 unspecified atom stereocenters. The van der Waals surface area contributed by atoms with E-state index in [1.165, 1.54) is 19.3 Å². The van der Waals surface area contributed by atoms with Gasteiger partial charge in [0, 0.05) is 24.3 Å². The van der Waals surface area contributed by atoms with Gasteiger partial charge in [-0.15, -0.1) is 10.2 Å². The lowest BCUT2D eigenvalue weighted by atomic mass is 10.1. The highest BCUT2D eigenvalue weighted by Crippen LogP contribution is 2.21. The Hall–Kier alpha value is -2.10. The maximum atomic E-state index is 5.68. The Morgan fingerprint density at radius 1 is 0.842 bits per heavy atom. The van der Waals surface area contributed by atoms with Gasteiger partial charge in [0.15, 0.2) is 5.82 Å². The molecular formula is C15H18N4. The van der Waals surface area contributed by atoms with E-state index in [1.54, 1.807) is 0 Å². The van der Waals surface area contributed by atoms with Crippen LogP contribution in [0.5, 0.6) is 0 Å². The van der Waals surface area contributed by atoms with Crippen molar-refractivity contribution >= 4 is 11.5 Å². The lowest BCUT2D eigenvalue weighted by Crippen LogP contribution is -2.30. The number of piperidine rings is 1. The summed E-state index contributed by atoms with van der Waals surface area (Å²) in [6.07, 6.45) is 3.83. The molecule has 19 heavy (non-hydrogen) atoms. The van der Waals surface area contributed by atoms with Crippen LogP contribution in [0.4, 0.5) is 11.5 Å². The summed E-state index contributed by atoms with van der Waals surface area (Å²) in [6.45, 7) is 2.19. The predicted molar refractivity (Wildman–Crippen MR) is 77.9 cm³/mol. The van der Waals surface area contributed by atoms with E-state index in [-0.39, 0.29) is 0 Å². The van der Waals surface area contributed by atoms with E-state index in [4.69, 9.17) is 5.73 Å². The molecule has 0 aliphatic carbocycles. The first-order valence-electron chi connectivity index (χ1n) is 6.77. The van der Waals surface area contributed by atoms with Gasteiger partial charge in [0.1, 0.15) is 0 Å². The van der Waals surface area contributed by atoms with E-state index in [1.807, 2.05) is 30.3 Å². The molecule has 98 valence electrons. The van der Waals surface area contributed by atoms with Crippen LogP contribution in [0.2, 0.25) is 0 Å². The van der Waals surface area contributed by atoms with Crippen LogP contribution >= 0.6 is 0 Å². The minimum absolute atomic E-state index is 0.765. The number of rotatable bonds is 2. The molecule has 0 bridgehead atoms. The number of hydrogen-bond donors (Lipinski definition) is 1. The second kappa shape index (κ2) is 5.26. The summed E-state index contributed by atoms with van der Waals surface area (Å²) in [5, 5.41) is 8.67. The van der Waals surface area contributed by atoms with Crippen molar-refractivity contribution in [3.63, 3.8) is 0 Å². The van der Waals surface area contributed by atoms with E-state index in [0.717, 1.165) is 35.9 Å². The Kier molecular flexibility index (Phi) is 3.31. The summed E-state index contributed by atoms with van der Waals surface area (Å²) in [6, 6.07) is 11.8. The first kappa shape index (κ1) is 12.0. The first-order chi connectivity index (χ1) is 9.33. The van der Waals surface area contributed by atoms with Gasteiger partial charge in [-0.25, -0.2) is 0 Å². The van der Waals surface area contributed by atoms with Crippen LogP contribution < -0.4 is 10.6 Å². The van der Waals surface area contributed by atoms with Crippen LogP contribution in [0.25, 0.3) is 11.3 Å². The van der Waals surface area contributed by atoms with Crippen molar-refractivity contribution < 1.29 is 0 Å². The summed E-state index contributed by atoms with van der Waals surface area (Å²) in [5.74, 6) is 0.985. The molecule has 2 N–H and O–H groups in total. The van der Waals surface area contributed by atoms with Crippen molar-refractivity contribution in [2.75, 3.05) is 23.7 Å². The Labute approximate surface area is 113 Å². The zero-order valence-electron chi connectivity index (χ0n) is 10.9. The Morgan fingerprint density at radius 2 is 1.58 bits per heavy atom. The molecule has 2 heterocycles. The fourth-order valence-corrected chi connectivity index (χ4v) is 2.42. The van der Waals surface area contributed by atoms with E-state index in [9.17, 15) is 0 Å². The van der Waals surface area contributed by atoms with Crippen molar-refractivity contribution in [3.8, 4) is 11.3 Å². The zero-order valence-corrected chi connectivity index (χ0v) is 10.9. The molecule has 0 radical (unpaired) electrons. The van der Waals surface area contributed by atoms with Crippen LogP contribution in [0.15, 0.2) is 36.4 Å². The summed E-state index contributed by atoms with van der Waals surface area (Å²) in [5.41, 5.74) is 8.39. The van der Waals surface area contributed by atoms with Crippen LogP contribution in [0.1, 0.15) is 19.3 Å². The highest BCUT2D eigenvalue weighted by Gasteiger charge is 2.12. The third kappa shape index (κ3) is 2.67. The molecule has 0 spiro atoms. The first-order valence-corrected chi connectivity index (χ1v) is 6.77. The van der Waals surface area contributed by atoms with Crippen molar-refractivity contribution in [1.29, 1.82) is 0 Å². The normalized spacial score (nSPS) is 15.5. The van der Waals surface area contributed by atoms with Gasteiger partial charge in [-0.05, 0) is 43.5 Å². The molecule has 1 aromatic carbocycles. The van der Waals surface area contributed by atoms with Crippen LogP contribution in [0.3, 0.4) is 0 Å². The third-order valence-corrected chi connectivity index (χ3v) is 3.54. The number of anilines is 2. The molecule has 1 aliphatic heterocycles. The quantitative estimate of drug-likeness (QED) is 0.837. The number of nitrogens with zero attached hydrogens (tertiary/aromatic N) is 3. The van der Waals surface area contributed by atoms with Gasteiger partial charge in [0.25, 0.3) is 0 Å². The van der Waals surface area contributed by atoms with Crippen molar-refractivity contribution in [2.45, 2.75) is 19.3 Å². The molecule has 0 saturated carbocycles. The van der Waals surface area contributed by atoms with Gasteiger partial charge in [-0.2, -0.15) is 0 Å². The minimum Gasteiger partial charge on any atom is -0.399 e. The number of nitrogens with two attached hydrogens (primary N) is 1. The largest absolute Gasteiger partial charge is 0.399 e. The standard InChI is InChI=1S/C15H18N4/c16-13-6-4-12(5-7-13)14-8-9-15(18-17-14)19-10-2-1-3-11-19/h4-9H,1-3,10-11,16H2. The second-order valence-electron chi connectivity index (χ2n) is 4.95. The van der Waals surface area contributed by atoms with E-state index >= 15 is 0 Å². The second-order valence-corrected chi connectivity index (χ2v) is 4.95. The molecule has 2 aromatic rings. The van der Waals surface area contributed by atoms with Gasteiger partial charge >= 0.3 is 0 Å². The van der Waals surface area contributed by atoms with Gasteiger partial charge in [0.05, 0.1) is 5.69 Å². The molecule has 4 heteroatoms. The Balaban J connectivity index is 1.80. The van der Waals surface area contributed by atoms with Gasteiger partial charge in [0.2, 0.25) is 0 Å². The van der Waals surface area contributed by atoms with E-state index in [2.05, 4.69) is 21.2 Å². The van der Waals surface area contributed by atoms with E-state index in [0.29, 0.717) is 0 Å². The molecule has 3 rings (SSSR count). The maximum absolute atomic E-state index is 5.68. The topological polar surface area (TPSA) is 55.0 Å². The van der Waals surface area contributed by atoms with Crippen molar-refractivity contribution in [1.82, 2.24) is 10.2 Å². The fourth-order valence-electron chi connectivity index (χ4n) is 2.42. The van der Waals surface area contributed by atoms with Gasteiger partial charge in [-0.1, -0.05) is 12.1 Å². The number of aromatic nitrogens is 2. The molecule has 1 aromatic heterocycles. The highest BCUT2D eigenvalue weighted by atomic mass is 15.3. The number of nitrogen functional groups attached to an aromatic ring is 1. The molecule has 0 atom stereocenters. The fraction of sp³-hybridized carbons (Fsp3) is 0.333.